The van der Waals surface area contributed by atoms with Gasteiger partial charge in [-0.1, -0.05) is 24.3 Å². The van der Waals surface area contributed by atoms with Crippen LogP contribution in [0, 0.1) is 0 Å². The molecule has 0 saturated heterocycles. The molecule has 0 aliphatic heterocycles. The van der Waals surface area contributed by atoms with E-state index in [0.29, 0.717) is 6.54 Å². The van der Waals surface area contributed by atoms with Crippen molar-refractivity contribution in [3.63, 3.8) is 0 Å². The lowest BCUT2D eigenvalue weighted by atomic mass is 10.3. The van der Waals surface area contributed by atoms with Crippen LogP contribution in [-0.2, 0) is 31.5 Å². The van der Waals surface area contributed by atoms with E-state index in [0.717, 1.165) is 34.4 Å². The predicted molar refractivity (Wildman–Crippen MR) is 109 cm³/mol. The van der Waals surface area contributed by atoms with Gasteiger partial charge in [-0.3, -0.25) is 13.9 Å². The van der Waals surface area contributed by atoms with E-state index in [1.165, 1.54) is 4.57 Å². The van der Waals surface area contributed by atoms with Crippen LogP contribution < -0.4 is 5.69 Å². The Morgan fingerprint density at radius 1 is 1.00 bits per heavy atom. The standard InChI is InChI=1S/C21H23N5O2/c1-4-25-16-10-6-5-9-15(16)22-19(25)13-23(2)20(27)14-26-18-12-8-7-11-17(18)24(3)21(26)28/h5-12H,4,13-14H2,1-3H3. The molecule has 7 nitrogen and oxygen atoms in total. The normalized spacial score (nSPS) is 11.4. The Labute approximate surface area is 162 Å². The van der Waals surface area contributed by atoms with E-state index in [1.807, 2.05) is 48.5 Å². The summed E-state index contributed by atoms with van der Waals surface area (Å²) < 4.78 is 5.21. The molecule has 0 aliphatic rings. The van der Waals surface area contributed by atoms with Crippen molar-refractivity contribution in [3.8, 4) is 0 Å². The SMILES string of the molecule is CCn1c(CN(C)C(=O)Cn2c(=O)n(C)c3ccccc32)nc2ccccc21. The molecular weight excluding hydrogens is 354 g/mol. The zero-order chi connectivity index (χ0) is 19.8. The van der Waals surface area contributed by atoms with Crippen molar-refractivity contribution in [1.29, 1.82) is 0 Å². The van der Waals surface area contributed by atoms with E-state index in [-0.39, 0.29) is 18.1 Å². The van der Waals surface area contributed by atoms with Gasteiger partial charge in [0.15, 0.2) is 0 Å². The maximum atomic E-state index is 12.9. The number of aromatic nitrogens is 4. The summed E-state index contributed by atoms with van der Waals surface area (Å²) in [5.41, 5.74) is 3.37. The maximum absolute atomic E-state index is 12.9. The second-order valence-electron chi connectivity index (χ2n) is 6.93. The summed E-state index contributed by atoms with van der Waals surface area (Å²) in [6.45, 7) is 3.24. The number of benzene rings is 2. The van der Waals surface area contributed by atoms with Gasteiger partial charge >= 0.3 is 5.69 Å². The minimum atomic E-state index is -0.191. The number of aryl methyl sites for hydroxylation is 2. The molecule has 2 aromatic heterocycles. The number of amides is 1. The largest absolute Gasteiger partial charge is 0.337 e. The fourth-order valence-electron chi connectivity index (χ4n) is 3.67. The van der Waals surface area contributed by atoms with Crippen LogP contribution in [0.25, 0.3) is 22.1 Å². The van der Waals surface area contributed by atoms with Gasteiger partial charge in [-0.2, -0.15) is 0 Å². The van der Waals surface area contributed by atoms with Crippen LogP contribution in [-0.4, -0.2) is 36.5 Å². The van der Waals surface area contributed by atoms with Crippen LogP contribution in [0.1, 0.15) is 12.7 Å². The smallest absolute Gasteiger partial charge is 0.329 e. The molecule has 1 amide bonds. The molecule has 0 aliphatic carbocycles. The fourth-order valence-corrected chi connectivity index (χ4v) is 3.67. The quantitative estimate of drug-likeness (QED) is 0.536. The van der Waals surface area contributed by atoms with Crippen LogP contribution in [0.5, 0.6) is 0 Å². The second kappa shape index (κ2) is 6.99. The average molecular weight is 377 g/mol. The summed E-state index contributed by atoms with van der Waals surface area (Å²) in [7, 11) is 3.47. The van der Waals surface area contributed by atoms with E-state index in [1.54, 1.807) is 23.6 Å². The highest BCUT2D eigenvalue weighted by atomic mass is 16.2. The highest BCUT2D eigenvalue weighted by Crippen LogP contribution is 2.17. The molecule has 0 saturated carbocycles. The topological polar surface area (TPSA) is 65.1 Å². The first-order valence-corrected chi connectivity index (χ1v) is 9.33. The van der Waals surface area contributed by atoms with Crippen molar-refractivity contribution in [2.45, 2.75) is 26.6 Å². The van der Waals surface area contributed by atoms with E-state index in [4.69, 9.17) is 0 Å². The molecule has 0 unspecified atom stereocenters. The molecule has 144 valence electrons. The van der Waals surface area contributed by atoms with Crippen molar-refractivity contribution in [3.05, 3.63) is 64.8 Å². The zero-order valence-electron chi connectivity index (χ0n) is 16.3. The first-order valence-electron chi connectivity index (χ1n) is 9.33. The van der Waals surface area contributed by atoms with Crippen LogP contribution in [0.3, 0.4) is 0 Å². The van der Waals surface area contributed by atoms with Gasteiger partial charge in [0.25, 0.3) is 0 Å². The van der Waals surface area contributed by atoms with Crippen molar-refractivity contribution in [2.24, 2.45) is 7.05 Å². The molecule has 28 heavy (non-hydrogen) atoms. The van der Waals surface area contributed by atoms with Crippen molar-refractivity contribution < 1.29 is 4.79 Å². The summed E-state index contributed by atoms with van der Waals surface area (Å²) in [5.74, 6) is 0.706. The highest BCUT2D eigenvalue weighted by molar-refractivity contribution is 5.81. The number of nitrogens with zero attached hydrogens (tertiary/aromatic N) is 5. The number of hydrogen-bond donors (Lipinski definition) is 0. The molecule has 0 spiro atoms. The molecule has 0 fully saturated rings. The number of para-hydroxylation sites is 4. The molecule has 0 radical (unpaired) electrons. The van der Waals surface area contributed by atoms with Crippen LogP contribution >= 0.6 is 0 Å². The highest BCUT2D eigenvalue weighted by Gasteiger charge is 2.18. The third-order valence-electron chi connectivity index (χ3n) is 5.20. The summed E-state index contributed by atoms with van der Waals surface area (Å²) in [4.78, 5) is 31.7. The van der Waals surface area contributed by atoms with Crippen molar-refractivity contribution in [2.75, 3.05) is 7.05 Å². The Bertz CT molecular complexity index is 1230. The first kappa shape index (κ1) is 18.0. The third kappa shape index (κ3) is 2.89. The number of carbonyl (C=O) groups excluding carboxylic acids is 1. The van der Waals surface area contributed by atoms with Crippen molar-refractivity contribution in [1.82, 2.24) is 23.6 Å². The Morgan fingerprint density at radius 2 is 1.64 bits per heavy atom. The number of fused-ring (bicyclic) bond motifs is 2. The third-order valence-corrected chi connectivity index (χ3v) is 5.20. The van der Waals surface area contributed by atoms with Crippen LogP contribution in [0.4, 0.5) is 0 Å². The lowest BCUT2D eigenvalue weighted by Crippen LogP contribution is -2.34. The van der Waals surface area contributed by atoms with Gasteiger partial charge in [0, 0.05) is 20.6 Å². The number of imidazole rings is 2. The van der Waals surface area contributed by atoms with E-state index >= 15 is 0 Å². The molecule has 4 rings (SSSR count). The van der Waals surface area contributed by atoms with Gasteiger partial charge in [0.05, 0.1) is 28.6 Å². The molecule has 4 aromatic rings. The zero-order valence-corrected chi connectivity index (χ0v) is 16.3. The van der Waals surface area contributed by atoms with Gasteiger partial charge in [-0.05, 0) is 31.2 Å². The molecule has 2 heterocycles. The molecule has 0 N–H and O–H groups in total. The summed E-state index contributed by atoms with van der Waals surface area (Å²) in [6, 6.07) is 15.5. The average Bonchev–Trinajstić information content (AvgIpc) is 3.18. The lowest BCUT2D eigenvalue weighted by molar-refractivity contribution is -0.131. The Kier molecular flexibility index (Phi) is 4.50. The first-order chi connectivity index (χ1) is 13.5. The number of carbonyl (C=O) groups is 1. The fraction of sp³-hybridized carbons (Fsp3) is 0.286. The van der Waals surface area contributed by atoms with Crippen LogP contribution in [0.2, 0.25) is 0 Å². The minimum absolute atomic E-state index is 0.00302. The van der Waals surface area contributed by atoms with Gasteiger partial charge in [0.2, 0.25) is 5.91 Å². The Morgan fingerprint density at radius 3 is 2.36 bits per heavy atom. The minimum Gasteiger partial charge on any atom is -0.337 e. The number of likely N-dealkylation sites (N-methyl/N-ethyl adjacent to an activating group) is 1. The molecule has 7 heteroatoms. The number of hydrogen-bond acceptors (Lipinski definition) is 3. The molecule has 2 aromatic carbocycles. The summed E-state index contributed by atoms with van der Waals surface area (Å²) in [5, 5.41) is 0. The maximum Gasteiger partial charge on any atom is 0.329 e. The molecule has 0 atom stereocenters. The molecule has 0 bridgehead atoms. The van der Waals surface area contributed by atoms with E-state index in [9.17, 15) is 9.59 Å². The molecular formula is C21H23N5O2. The van der Waals surface area contributed by atoms with Gasteiger partial charge in [-0.15, -0.1) is 0 Å². The Balaban J connectivity index is 1.60. The van der Waals surface area contributed by atoms with Gasteiger partial charge in [0.1, 0.15) is 12.4 Å². The second-order valence-corrected chi connectivity index (χ2v) is 6.93. The Hall–Kier alpha value is -3.35. The van der Waals surface area contributed by atoms with Gasteiger partial charge < -0.3 is 9.47 Å². The van der Waals surface area contributed by atoms with E-state index in [2.05, 4.69) is 16.5 Å². The summed E-state index contributed by atoms with van der Waals surface area (Å²) in [6.07, 6.45) is 0. The number of rotatable bonds is 5. The van der Waals surface area contributed by atoms with Crippen molar-refractivity contribution >= 4 is 28.0 Å². The summed E-state index contributed by atoms with van der Waals surface area (Å²) >= 11 is 0. The van der Waals surface area contributed by atoms with Crippen LogP contribution in [0.15, 0.2) is 53.3 Å². The van der Waals surface area contributed by atoms with E-state index < -0.39 is 0 Å². The predicted octanol–water partition coefficient (Wildman–Crippen LogP) is 2.37. The van der Waals surface area contributed by atoms with Gasteiger partial charge in [-0.25, -0.2) is 9.78 Å². The lowest BCUT2D eigenvalue weighted by Gasteiger charge is -2.18. The monoisotopic (exact) mass is 377 g/mol.